The number of esters is 1. The molecule has 5 nitrogen and oxygen atoms in total. The van der Waals surface area contributed by atoms with Gasteiger partial charge >= 0.3 is 5.97 Å². The van der Waals surface area contributed by atoms with Crippen molar-refractivity contribution >= 4 is 29.6 Å². The molecule has 0 saturated heterocycles. The van der Waals surface area contributed by atoms with Crippen LogP contribution < -0.4 is 0 Å². The number of aldehydes is 1. The van der Waals surface area contributed by atoms with Gasteiger partial charge in [0.1, 0.15) is 23.9 Å². The van der Waals surface area contributed by atoms with E-state index in [1.807, 2.05) is 10.8 Å². The number of hydrogen-bond donors (Lipinski definition) is 0. The number of nitrogens with zero attached hydrogens (tertiary/aromatic N) is 2. The summed E-state index contributed by atoms with van der Waals surface area (Å²) in [6.07, 6.45) is 14.1. The van der Waals surface area contributed by atoms with Gasteiger partial charge in [0, 0.05) is 36.2 Å². The van der Waals surface area contributed by atoms with Crippen LogP contribution >= 0.6 is 11.6 Å². The largest absolute Gasteiger partial charge is 0.462 e. The molecule has 1 aromatic heterocycles. The lowest BCUT2D eigenvalue weighted by atomic mass is 9.47. The second kappa shape index (κ2) is 7.33. The standard InChI is InChI=1S/C25H31ClN2O3/c1-15(30)31-18-6-8-24(2)17(11-18)4-5-19-20(24)7-9-25(3)21(19)10-16(13-29)23(25)28-12-22(26)27-14-28/h4,12-14,18-21H,5-11H2,1-3H3/t18-,19?,20?,21?,24-,25-/m0/s1. The zero-order valence-corrected chi connectivity index (χ0v) is 19.3. The Balaban J connectivity index is 1.46. The molecular formula is C25H31ClN2O3. The van der Waals surface area contributed by atoms with Gasteiger partial charge in [0.25, 0.3) is 0 Å². The summed E-state index contributed by atoms with van der Waals surface area (Å²) >= 11 is 6.12. The van der Waals surface area contributed by atoms with Gasteiger partial charge in [0.15, 0.2) is 0 Å². The van der Waals surface area contributed by atoms with Crippen molar-refractivity contribution in [2.24, 2.45) is 28.6 Å². The highest BCUT2D eigenvalue weighted by molar-refractivity contribution is 6.29. The van der Waals surface area contributed by atoms with Gasteiger partial charge < -0.3 is 9.30 Å². The summed E-state index contributed by atoms with van der Waals surface area (Å²) < 4.78 is 7.54. The Bertz CT molecular complexity index is 995. The van der Waals surface area contributed by atoms with Crippen molar-refractivity contribution in [1.29, 1.82) is 0 Å². The average molecular weight is 443 g/mol. The Morgan fingerprint density at radius 2 is 2.00 bits per heavy atom. The highest BCUT2D eigenvalue weighted by atomic mass is 35.5. The third kappa shape index (κ3) is 3.14. The Hall–Kier alpha value is -1.88. The lowest BCUT2D eigenvalue weighted by Crippen LogP contribution is -2.50. The van der Waals surface area contributed by atoms with Gasteiger partial charge in [-0.3, -0.25) is 9.59 Å². The number of carbonyl (C=O) groups is 2. The molecule has 0 amide bonds. The maximum atomic E-state index is 12.1. The Morgan fingerprint density at radius 3 is 2.68 bits per heavy atom. The zero-order valence-electron chi connectivity index (χ0n) is 18.6. The van der Waals surface area contributed by atoms with Crippen molar-refractivity contribution < 1.29 is 14.3 Å². The van der Waals surface area contributed by atoms with E-state index in [9.17, 15) is 9.59 Å². The van der Waals surface area contributed by atoms with Crippen molar-refractivity contribution in [3.8, 4) is 0 Å². The van der Waals surface area contributed by atoms with Crippen LogP contribution in [0.4, 0.5) is 0 Å². The van der Waals surface area contributed by atoms with Gasteiger partial charge in [0.2, 0.25) is 0 Å². The van der Waals surface area contributed by atoms with Crippen molar-refractivity contribution in [1.82, 2.24) is 9.55 Å². The quantitative estimate of drug-likeness (QED) is 0.354. The Morgan fingerprint density at radius 1 is 1.23 bits per heavy atom. The van der Waals surface area contributed by atoms with Crippen LogP contribution in [0.1, 0.15) is 65.7 Å². The highest BCUT2D eigenvalue weighted by Gasteiger charge is 2.58. The fourth-order valence-corrected chi connectivity index (χ4v) is 7.79. The minimum Gasteiger partial charge on any atom is -0.462 e. The second-order valence-electron chi connectivity index (χ2n) is 10.5. The summed E-state index contributed by atoms with van der Waals surface area (Å²) in [5, 5.41) is 0.459. The fourth-order valence-electron chi connectivity index (χ4n) is 7.64. The summed E-state index contributed by atoms with van der Waals surface area (Å²) in [7, 11) is 0. The molecule has 6 heteroatoms. The molecule has 31 heavy (non-hydrogen) atoms. The van der Waals surface area contributed by atoms with Gasteiger partial charge in [0.05, 0.1) is 0 Å². The van der Waals surface area contributed by atoms with Crippen LogP contribution in [0.2, 0.25) is 5.15 Å². The van der Waals surface area contributed by atoms with Crippen LogP contribution in [-0.2, 0) is 14.3 Å². The maximum Gasteiger partial charge on any atom is 0.302 e. The zero-order chi connectivity index (χ0) is 22.0. The molecule has 2 fully saturated rings. The van der Waals surface area contributed by atoms with Gasteiger partial charge in [-0.05, 0) is 61.7 Å². The molecule has 4 aliphatic rings. The minimum absolute atomic E-state index is 0.0228. The average Bonchev–Trinajstić information content (AvgIpc) is 3.27. The number of fused-ring (bicyclic) bond motifs is 5. The minimum atomic E-state index is -0.179. The number of halogens is 1. The number of rotatable bonds is 3. The molecule has 5 rings (SSSR count). The molecule has 2 saturated carbocycles. The monoisotopic (exact) mass is 442 g/mol. The van der Waals surface area contributed by atoms with E-state index in [0.29, 0.717) is 22.9 Å². The predicted molar refractivity (Wildman–Crippen MR) is 119 cm³/mol. The van der Waals surface area contributed by atoms with Crippen LogP contribution in [0.25, 0.3) is 5.70 Å². The van der Waals surface area contributed by atoms with Gasteiger partial charge in [-0.25, -0.2) is 4.98 Å². The topological polar surface area (TPSA) is 61.2 Å². The van der Waals surface area contributed by atoms with E-state index in [4.69, 9.17) is 16.3 Å². The lowest BCUT2D eigenvalue weighted by Gasteiger charge is -2.57. The van der Waals surface area contributed by atoms with Gasteiger partial charge in [-0.2, -0.15) is 0 Å². The summed E-state index contributed by atoms with van der Waals surface area (Å²) in [4.78, 5) is 27.7. The first kappa shape index (κ1) is 21.0. The van der Waals surface area contributed by atoms with E-state index >= 15 is 0 Å². The van der Waals surface area contributed by atoms with Gasteiger partial charge in [-0.1, -0.05) is 37.1 Å². The predicted octanol–water partition coefficient (Wildman–Crippen LogP) is 5.45. The number of aromatic nitrogens is 2. The molecular weight excluding hydrogens is 412 g/mol. The van der Waals surface area contributed by atoms with Crippen LogP contribution in [0.15, 0.2) is 29.7 Å². The van der Waals surface area contributed by atoms with Crippen LogP contribution in [0.3, 0.4) is 0 Å². The molecule has 0 spiro atoms. The van der Waals surface area contributed by atoms with E-state index in [1.165, 1.54) is 12.5 Å². The summed E-state index contributed by atoms with van der Waals surface area (Å²) in [5.41, 5.74) is 3.61. The summed E-state index contributed by atoms with van der Waals surface area (Å²) in [6.45, 7) is 6.28. The molecule has 6 atom stereocenters. The fraction of sp³-hybridized carbons (Fsp3) is 0.640. The van der Waals surface area contributed by atoms with Crippen molar-refractivity contribution in [3.05, 3.63) is 34.9 Å². The molecule has 1 aromatic rings. The molecule has 0 radical (unpaired) electrons. The Kier molecular flexibility index (Phi) is 4.96. The number of hydrogen-bond acceptors (Lipinski definition) is 4. The first-order chi connectivity index (χ1) is 14.8. The summed E-state index contributed by atoms with van der Waals surface area (Å²) in [5.74, 6) is 1.44. The molecule has 4 aliphatic carbocycles. The number of allylic oxidation sites excluding steroid dienone is 3. The van der Waals surface area contributed by atoms with Crippen molar-refractivity contribution in [2.75, 3.05) is 0 Å². The molecule has 0 bridgehead atoms. The van der Waals surface area contributed by atoms with E-state index in [0.717, 1.165) is 62.5 Å². The second-order valence-corrected chi connectivity index (χ2v) is 10.9. The third-order valence-electron chi connectivity index (χ3n) is 9.02. The maximum absolute atomic E-state index is 12.1. The lowest BCUT2D eigenvalue weighted by molar-refractivity contribution is -0.148. The Labute approximate surface area is 188 Å². The van der Waals surface area contributed by atoms with Crippen LogP contribution in [-0.4, -0.2) is 27.9 Å². The number of imidazole rings is 1. The SMILES string of the molecule is CC(=O)O[C@H]1CC[C@@]2(C)C(=CCC3C2CC[C@]2(C)C(n4cnc(Cl)c4)=C(C=O)CC32)C1. The highest BCUT2D eigenvalue weighted by Crippen LogP contribution is 2.66. The number of ether oxygens (including phenoxy) is 1. The molecule has 166 valence electrons. The van der Waals surface area contributed by atoms with Crippen LogP contribution in [0.5, 0.6) is 0 Å². The first-order valence-electron chi connectivity index (χ1n) is 11.5. The van der Waals surface area contributed by atoms with Crippen molar-refractivity contribution in [2.45, 2.75) is 71.8 Å². The molecule has 3 unspecified atom stereocenters. The normalized spacial score (nSPS) is 39.3. The number of carbonyl (C=O) groups excluding carboxylic acids is 2. The van der Waals surface area contributed by atoms with Gasteiger partial charge in [-0.15, -0.1) is 0 Å². The summed E-state index contributed by atoms with van der Waals surface area (Å²) in [6, 6.07) is 0. The van der Waals surface area contributed by atoms with E-state index < -0.39 is 0 Å². The molecule has 0 aromatic carbocycles. The van der Waals surface area contributed by atoms with Crippen LogP contribution in [0, 0.1) is 28.6 Å². The molecule has 0 aliphatic heterocycles. The van der Waals surface area contributed by atoms with Crippen molar-refractivity contribution in [3.63, 3.8) is 0 Å². The van der Waals surface area contributed by atoms with E-state index in [2.05, 4.69) is 24.9 Å². The first-order valence-corrected chi connectivity index (χ1v) is 11.9. The smallest absolute Gasteiger partial charge is 0.302 e. The molecule has 1 heterocycles. The van der Waals surface area contributed by atoms with E-state index in [-0.39, 0.29) is 22.9 Å². The van der Waals surface area contributed by atoms with E-state index in [1.54, 1.807) is 6.33 Å². The third-order valence-corrected chi connectivity index (χ3v) is 9.21. The molecule has 0 N–H and O–H groups in total.